The third-order valence-corrected chi connectivity index (χ3v) is 6.14. The van der Waals surface area contributed by atoms with Crippen molar-refractivity contribution >= 4 is 28.8 Å². The number of aromatic nitrogens is 5. The Hall–Kier alpha value is -3.16. The first-order valence-corrected chi connectivity index (χ1v) is 10.8. The number of piperazine rings is 1. The van der Waals surface area contributed by atoms with Gasteiger partial charge in [-0.2, -0.15) is 9.78 Å². The summed E-state index contributed by atoms with van der Waals surface area (Å²) in [6.07, 6.45) is 0. The highest BCUT2D eigenvalue weighted by Gasteiger charge is 2.27. The summed E-state index contributed by atoms with van der Waals surface area (Å²) < 4.78 is 6.11. The second-order valence-corrected chi connectivity index (χ2v) is 8.04. The molecule has 0 aliphatic carbocycles. The lowest BCUT2D eigenvalue weighted by Crippen LogP contribution is -2.46. The van der Waals surface area contributed by atoms with E-state index in [0.29, 0.717) is 18.0 Å². The second-order valence-electron chi connectivity index (χ2n) is 7.10. The largest absolute Gasteiger partial charge is 0.378 e. The maximum atomic E-state index is 12.9. The lowest BCUT2D eigenvalue weighted by molar-refractivity contribution is 0.0944. The third-order valence-electron chi connectivity index (χ3n) is 5.16. The Morgan fingerprint density at radius 3 is 2.71 bits per heavy atom. The van der Waals surface area contributed by atoms with Crippen LogP contribution in [0.15, 0.2) is 27.2 Å². The molecule has 1 fully saturated rings. The first-order chi connectivity index (χ1) is 15.1. The van der Waals surface area contributed by atoms with Crippen LogP contribution in [0.5, 0.6) is 0 Å². The molecule has 3 aromatic heterocycles. The number of nitrogens with two attached hydrogens (primary N) is 1. The number of carbonyl (C=O) groups is 1. The minimum Gasteiger partial charge on any atom is -0.378 e. The number of likely N-dealkylation sites (N-methyl/N-ethyl adjacent to an activating group) is 1. The van der Waals surface area contributed by atoms with Gasteiger partial charge in [-0.05, 0) is 35.2 Å². The molecule has 0 bridgehead atoms. The van der Waals surface area contributed by atoms with Crippen molar-refractivity contribution in [2.45, 2.75) is 20.4 Å². The molecule has 1 amide bonds. The average molecular weight is 445 g/mol. The SMILES string of the molecule is CCN1CCN(Cc2c(C(=O)N/N=C(/C)c3cccs3)nnn2-c2nonc2N)CC1. The van der Waals surface area contributed by atoms with Crippen LogP contribution < -0.4 is 11.2 Å². The van der Waals surface area contributed by atoms with Gasteiger partial charge in [0.15, 0.2) is 5.69 Å². The molecule has 0 atom stereocenters. The molecule has 3 N–H and O–H groups in total. The van der Waals surface area contributed by atoms with Crippen LogP contribution in [0.4, 0.5) is 5.82 Å². The molecule has 0 radical (unpaired) electrons. The summed E-state index contributed by atoms with van der Waals surface area (Å²) >= 11 is 1.55. The molecule has 4 heterocycles. The van der Waals surface area contributed by atoms with Gasteiger partial charge >= 0.3 is 0 Å². The first kappa shape index (κ1) is 21.1. The number of anilines is 1. The number of hydrogen-bond acceptors (Lipinski definition) is 11. The number of nitrogen functional groups attached to an aromatic ring is 1. The van der Waals surface area contributed by atoms with Crippen LogP contribution in [0.1, 0.15) is 34.9 Å². The molecule has 13 heteroatoms. The minimum absolute atomic E-state index is 0.0699. The van der Waals surface area contributed by atoms with Crippen molar-refractivity contribution in [2.24, 2.45) is 5.10 Å². The molecule has 12 nitrogen and oxygen atoms in total. The summed E-state index contributed by atoms with van der Waals surface area (Å²) in [5, 5.41) is 21.7. The fourth-order valence-corrected chi connectivity index (χ4v) is 4.01. The third kappa shape index (κ3) is 4.62. The summed E-state index contributed by atoms with van der Waals surface area (Å²) in [6.45, 7) is 9.09. The first-order valence-electron chi connectivity index (χ1n) is 9.93. The molecule has 0 unspecified atom stereocenters. The summed E-state index contributed by atoms with van der Waals surface area (Å²) in [6, 6.07) is 3.87. The van der Waals surface area contributed by atoms with Gasteiger partial charge in [0.2, 0.25) is 11.6 Å². The van der Waals surface area contributed by atoms with Gasteiger partial charge in [-0.25, -0.2) is 10.1 Å². The molecule has 0 aromatic carbocycles. The average Bonchev–Trinajstić information content (AvgIpc) is 3.53. The molecule has 31 heavy (non-hydrogen) atoms. The number of carbonyl (C=O) groups excluding carboxylic acids is 1. The zero-order chi connectivity index (χ0) is 21.8. The summed E-state index contributed by atoms with van der Waals surface area (Å²) in [4.78, 5) is 18.5. The number of hydrogen-bond donors (Lipinski definition) is 2. The molecular formula is C18H24N10O2S. The van der Waals surface area contributed by atoms with Crippen molar-refractivity contribution in [3.63, 3.8) is 0 Å². The van der Waals surface area contributed by atoms with E-state index < -0.39 is 5.91 Å². The Kier molecular flexibility index (Phi) is 6.34. The normalized spacial score (nSPS) is 16.0. The second kappa shape index (κ2) is 9.32. The van der Waals surface area contributed by atoms with Gasteiger partial charge in [-0.3, -0.25) is 9.69 Å². The van der Waals surface area contributed by atoms with E-state index in [2.05, 4.69) is 47.9 Å². The number of amides is 1. The number of thiophene rings is 1. The lowest BCUT2D eigenvalue weighted by atomic mass is 10.2. The van der Waals surface area contributed by atoms with Gasteiger partial charge in [0, 0.05) is 37.6 Å². The minimum atomic E-state index is -0.459. The highest BCUT2D eigenvalue weighted by atomic mass is 32.1. The summed E-state index contributed by atoms with van der Waals surface area (Å²) in [5.41, 5.74) is 9.84. The highest BCUT2D eigenvalue weighted by molar-refractivity contribution is 7.12. The predicted octanol–water partition coefficient (Wildman–Crippen LogP) is 0.586. The van der Waals surface area contributed by atoms with Crippen molar-refractivity contribution in [2.75, 3.05) is 38.5 Å². The molecule has 1 saturated heterocycles. The number of nitrogens with one attached hydrogen (secondary N) is 1. The quantitative estimate of drug-likeness (QED) is 0.395. The van der Waals surface area contributed by atoms with Gasteiger partial charge in [0.05, 0.1) is 11.4 Å². The van der Waals surface area contributed by atoms with Gasteiger partial charge in [0.25, 0.3) is 5.91 Å². The van der Waals surface area contributed by atoms with E-state index in [1.54, 1.807) is 11.3 Å². The summed E-state index contributed by atoms with van der Waals surface area (Å²) in [5.74, 6) is -0.188. The van der Waals surface area contributed by atoms with Crippen LogP contribution in [-0.4, -0.2) is 79.4 Å². The van der Waals surface area contributed by atoms with Crippen molar-refractivity contribution in [1.29, 1.82) is 0 Å². The van der Waals surface area contributed by atoms with E-state index in [1.807, 2.05) is 24.4 Å². The fourth-order valence-electron chi connectivity index (χ4n) is 3.33. The van der Waals surface area contributed by atoms with E-state index in [1.165, 1.54) is 4.68 Å². The fraction of sp³-hybridized carbons (Fsp3) is 0.444. The standard InChI is InChI=1S/C18H24N10O2S/c1-3-26-6-8-27(9-7-26)11-13-15(21-25-28(13)17-16(19)23-30-24-17)18(29)22-20-12(2)14-5-4-10-31-14/h4-5,10H,3,6-9,11H2,1-2H3,(H2,19,23)(H,22,29)/b20-12-. The van der Waals surface area contributed by atoms with Gasteiger partial charge < -0.3 is 10.6 Å². The Bertz CT molecular complexity index is 1050. The van der Waals surface area contributed by atoms with Crippen LogP contribution in [0.2, 0.25) is 0 Å². The van der Waals surface area contributed by atoms with Crippen molar-refractivity contribution < 1.29 is 9.42 Å². The number of hydrazone groups is 1. The Balaban J connectivity index is 1.58. The molecule has 4 rings (SSSR count). The number of nitrogens with zero attached hydrogens (tertiary/aromatic N) is 8. The topological polar surface area (TPSA) is 144 Å². The van der Waals surface area contributed by atoms with Gasteiger partial charge in [-0.15, -0.1) is 16.4 Å². The molecule has 164 valence electrons. The summed E-state index contributed by atoms with van der Waals surface area (Å²) in [7, 11) is 0. The Labute approximate surface area is 182 Å². The molecule has 1 aliphatic rings. The van der Waals surface area contributed by atoms with E-state index in [-0.39, 0.29) is 17.3 Å². The maximum Gasteiger partial charge on any atom is 0.293 e. The number of rotatable bonds is 7. The monoisotopic (exact) mass is 444 g/mol. The molecule has 3 aromatic rings. The van der Waals surface area contributed by atoms with Crippen LogP contribution in [0, 0.1) is 0 Å². The molecular weight excluding hydrogens is 420 g/mol. The zero-order valence-corrected chi connectivity index (χ0v) is 18.2. The molecule has 0 saturated carbocycles. The van der Waals surface area contributed by atoms with Gasteiger partial charge in [-0.1, -0.05) is 18.2 Å². The van der Waals surface area contributed by atoms with Crippen LogP contribution in [0.3, 0.4) is 0 Å². The van der Waals surface area contributed by atoms with Crippen LogP contribution >= 0.6 is 11.3 Å². The van der Waals surface area contributed by atoms with E-state index in [0.717, 1.165) is 37.6 Å². The molecule has 1 aliphatic heterocycles. The zero-order valence-electron chi connectivity index (χ0n) is 17.4. The van der Waals surface area contributed by atoms with Crippen molar-refractivity contribution in [3.05, 3.63) is 33.8 Å². The van der Waals surface area contributed by atoms with Crippen molar-refractivity contribution in [3.8, 4) is 5.82 Å². The van der Waals surface area contributed by atoms with E-state index in [9.17, 15) is 4.79 Å². The maximum absolute atomic E-state index is 12.9. The smallest absolute Gasteiger partial charge is 0.293 e. The highest BCUT2D eigenvalue weighted by Crippen LogP contribution is 2.18. The van der Waals surface area contributed by atoms with Crippen LogP contribution in [-0.2, 0) is 6.54 Å². The van der Waals surface area contributed by atoms with Crippen molar-refractivity contribution in [1.82, 2.24) is 40.5 Å². The Morgan fingerprint density at radius 2 is 2.06 bits per heavy atom. The molecule has 0 spiro atoms. The van der Waals surface area contributed by atoms with E-state index in [4.69, 9.17) is 10.4 Å². The Morgan fingerprint density at radius 1 is 1.29 bits per heavy atom. The lowest BCUT2D eigenvalue weighted by Gasteiger charge is -2.33. The van der Waals surface area contributed by atoms with Crippen LogP contribution in [0.25, 0.3) is 5.82 Å². The predicted molar refractivity (Wildman–Crippen MR) is 115 cm³/mol. The van der Waals surface area contributed by atoms with Gasteiger partial charge in [0.1, 0.15) is 0 Å². The van der Waals surface area contributed by atoms with E-state index >= 15 is 0 Å².